The van der Waals surface area contributed by atoms with Gasteiger partial charge in [-0.2, -0.15) is 0 Å². The average Bonchev–Trinajstić information content (AvgIpc) is 2.38. The van der Waals surface area contributed by atoms with Gasteiger partial charge in [-0.3, -0.25) is 4.79 Å². The third-order valence-electron chi connectivity index (χ3n) is 2.41. The topological polar surface area (TPSA) is 83.5 Å². The molecule has 0 aliphatic rings. The van der Waals surface area contributed by atoms with E-state index in [-0.39, 0.29) is 29.9 Å². The van der Waals surface area contributed by atoms with E-state index in [9.17, 15) is 19.5 Å². The Morgan fingerprint density at radius 3 is 2.32 bits per heavy atom. The van der Waals surface area contributed by atoms with E-state index in [2.05, 4.69) is 6.58 Å². The van der Waals surface area contributed by atoms with Gasteiger partial charge in [0.2, 0.25) is 0 Å². The van der Waals surface area contributed by atoms with Gasteiger partial charge in [-0.25, -0.2) is 4.79 Å². The van der Waals surface area contributed by atoms with Crippen molar-refractivity contribution in [3.8, 4) is 0 Å². The van der Waals surface area contributed by atoms with Crippen molar-refractivity contribution in [2.24, 2.45) is 0 Å². The smallest absolute Gasteiger partial charge is 0.338 e. The highest BCUT2D eigenvalue weighted by molar-refractivity contribution is 6.01. The number of ether oxygens (including phenoxy) is 1. The van der Waals surface area contributed by atoms with Gasteiger partial charge in [-0.1, -0.05) is 24.8 Å². The maximum atomic E-state index is 11.7. The van der Waals surface area contributed by atoms with Crippen molar-refractivity contribution in [1.29, 1.82) is 0 Å². The lowest BCUT2D eigenvalue weighted by atomic mass is 10.1. The van der Waals surface area contributed by atoms with Crippen LogP contribution in [0.15, 0.2) is 36.4 Å². The number of esters is 1. The van der Waals surface area contributed by atoms with Gasteiger partial charge < -0.3 is 14.6 Å². The fraction of sp³-hybridized carbons (Fsp3) is 0.214. The Bertz CT molecular complexity index is 530. The predicted molar refractivity (Wildman–Crippen MR) is 65.5 cm³/mol. The number of carboxylic acid groups (broad SMARTS) is 1. The van der Waals surface area contributed by atoms with Gasteiger partial charge in [-0.05, 0) is 18.6 Å². The highest BCUT2D eigenvalue weighted by Crippen LogP contribution is 2.10. The van der Waals surface area contributed by atoms with Crippen molar-refractivity contribution in [2.75, 3.05) is 6.61 Å². The second-order valence-corrected chi connectivity index (χ2v) is 3.92. The molecule has 1 rings (SSSR count). The molecule has 0 aromatic heterocycles. The predicted octanol–water partition coefficient (Wildman–Crippen LogP) is 0.742. The molecule has 0 aliphatic carbocycles. The highest BCUT2D eigenvalue weighted by atomic mass is 16.5. The normalized spacial score (nSPS) is 9.74. The van der Waals surface area contributed by atoms with Crippen LogP contribution in [0.1, 0.15) is 34.1 Å². The Morgan fingerprint density at radius 1 is 1.21 bits per heavy atom. The molecule has 5 nitrogen and oxygen atoms in total. The number of hydrogen-bond donors (Lipinski definition) is 0. The van der Waals surface area contributed by atoms with Gasteiger partial charge in [0.15, 0.2) is 5.78 Å². The van der Waals surface area contributed by atoms with Crippen LogP contribution in [0, 0.1) is 0 Å². The van der Waals surface area contributed by atoms with Crippen LogP contribution in [0.2, 0.25) is 0 Å². The lowest BCUT2D eigenvalue weighted by Crippen LogP contribution is -2.25. The molecule has 0 unspecified atom stereocenters. The Kier molecular flexibility index (Phi) is 5.00. The van der Waals surface area contributed by atoms with E-state index in [0.29, 0.717) is 5.57 Å². The maximum Gasteiger partial charge on any atom is 0.338 e. The van der Waals surface area contributed by atoms with Crippen molar-refractivity contribution < 1.29 is 24.2 Å². The maximum absolute atomic E-state index is 11.7. The van der Waals surface area contributed by atoms with E-state index in [0.717, 1.165) is 0 Å². The van der Waals surface area contributed by atoms with Gasteiger partial charge in [0.05, 0.1) is 18.1 Å². The molecule has 0 N–H and O–H groups in total. The molecule has 0 heterocycles. The van der Waals surface area contributed by atoms with Crippen molar-refractivity contribution >= 4 is 17.7 Å². The van der Waals surface area contributed by atoms with Crippen molar-refractivity contribution in [1.82, 2.24) is 0 Å². The molecule has 0 radical (unpaired) electrons. The van der Waals surface area contributed by atoms with E-state index >= 15 is 0 Å². The first kappa shape index (κ1) is 14.6. The summed E-state index contributed by atoms with van der Waals surface area (Å²) in [6.45, 7) is 4.92. The molecule has 0 aliphatic heterocycles. The third kappa shape index (κ3) is 4.06. The number of aromatic carboxylic acids is 1. The zero-order chi connectivity index (χ0) is 14.4. The number of Topliss-reactive ketones (excluding diaryl/α,β-unsaturated/α-hetero) is 1. The molecular formula is C14H13O5-. The van der Waals surface area contributed by atoms with Gasteiger partial charge in [0.1, 0.15) is 0 Å². The van der Waals surface area contributed by atoms with Gasteiger partial charge in [0.25, 0.3) is 0 Å². The third-order valence-corrected chi connectivity index (χ3v) is 2.41. The molecule has 1 aromatic rings. The number of carbonyl (C=O) groups is 3. The number of carboxylic acids is 1. The fourth-order valence-electron chi connectivity index (χ4n) is 1.37. The van der Waals surface area contributed by atoms with Gasteiger partial charge in [-0.15, -0.1) is 0 Å². The van der Waals surface area contributed by atoms with Crippen LogP contribution < -0.4 is 5.11 Å². The molecule has 0 spiro atoms. The quantitative estimate of drug-likeness (QED) is 0.557. The molecule has 1 aromatic carbocycles. The number of carbonyl (C=O) groups excluding carboxylic acids is 3. The molecule has 19 heavy (non-hydrogen) atoms. The zero-order valence-electron chi connectivity index (χ0n) is 10.5. The Labute approximate surface area is 110 Å². The summed E-state index contributed by atoms with van der Waals surface area (Å²) >= 11 is 0. The molecule has 0 fully saturated rings. The number of benzene rings is 1. The second kappa shape index (κ2) is 6.49. The number of rotatable bonds is 6. The van der Waals surface area contributed by atoms with E-state index < -0.39 is 11.9 Å². The van der Waals surface area contributed by atoms with Crippen LogP contribution in [0.4, 0.5) is 0 Å². The second-order valence-electron chi connectivity index (χ2n) is 3.92. The summed E-state index contributed by atoms with van der Waals surface area (Å²) in [5.74, 6) is -2.46. The van der Waals surface area contributed by atoms with Crippen molar-refractivity contribution in [3.05, 3.63) is 47.5 Å². The minimum atomic E-state index is -1.45. The van der Waals surface area contributed by atoms with Crippen molar-refractivity contribution in [3.63, 3.8) is 0 Å². The molecule has 0 saturated carbocycles. The van der Waals surface area contributed by atoms with Crippen LogP contribution in [0.3, 0.4) is 0 Å². The van der Waals surface area contributed by atoms with Gasteiger partial charge in [0, 0.05) is 12.0 Å². The van der Waals surface area contributed by atoms with Crippen LogP contribution in [0.5, 0.6) is 0 Å². The summed E-state index contributed by atoms with van der Waals surface area (Å²) < 4.78 is 4.85. The largest absolute Gasteiger partial charge is 0.545 e. The van der Waals surface area contributed by atoms with Crippen LogP contribution in [-0.2, 0) is 9.53 Å². The summed E-state index contributed by atoms with van der Waals surface area (Å²) in [6.07, 6.45) is 0.0224. The molecule has 0 atom stereocenters. The lowest BCUT2D eigenvalue weighted by molar-refractivity contribution is -0.255. The number of hydrogen-bond acceptors (Lipinski definition) is 5. The van der Waals surface area contributed by atoms with E-state index in [4.69, 9.17) is 4.74 Å². The minimum absolute atomic E-state index is 0.0224. The van der Waals surface area contributed by atoms with Crippen molar-refractivity contribution in [2.45, 2.75) is 13.3 Å². The monoisotopic (exact) mass is 261 g/mol. The van der Waals surface area contributed by atoms with Crippen LogP contribution in [0.25, 0.3) is 0 Å². The Morgan fingerprint density at radius 2 is 1.79 bits per heavy atom. The van der Waals surface area contributed by atoms with Crippen LogP contribution in [-0.4, -0.2) is 24.3 Å². The Hall–Kier alpha value is -2.43. The molecule has 100 valence electrons. The van der Waals surface area contributed by atoms with E-state index in [1.807, 2.05) is 0 Å². The number of allylic oxidation sites excluding steroid dienone is 1. The van der Waals surface area contributed by atoms with Crippen LogP contribution >= 0.6 is 0 Å². The lowest BCUT2D eigenvalue weighted by Gasteiger charge is -2.09. The Balaban J connectivity index is 2.67. The average molecular weight is 261 g/mol. The summed E-state index contributed by atoms with van der Waals surface area (Å²) in [7, 11) is 0. The zero-order valence-corrected chi connectivity index (χ0v) is 10.5. The summed E-state index contributed by atoms with van der Waals surface area (Å²) in [4.78, 5) is 33.7. The standard InChI is InChI=1S/C14H14O5/c1-9(2)12(15)7-8-19-14(18)11-6-4-3-5-10(11)13(16)17/h3-6H,1,7-8H2,2H3,(H,16,17)/p-1. The summed E-state index contributed by atoms with van der Waals surface area (Å²) in [5, 5.41) is 10.8. The molecular weight excluding hydrogens is 248 g/mol. The summed E-state index contributed by atoms with van der Waals surface area (Å²) in [6, 6.07) is 5.58. The fourth-order valence-corrected chi connectivity index (χ4v) is 1.37. The van der Waals surface area contributed by atoms with Gasteiger partial charge >= 0.3 is 5.97 Å². The first-order chi connectivity index (χ1) is 8.93. The van der Waals surface area contributed by atoms with E-state index in [1.54, 1.807) is 6.92 Å². The molecule has 0 bridgehead atoms. The first-order valence-corrected chi connectivity index (χ1v) is 5.59. The minimum Gasteiger partial charge on any atom is -0.545 e. The molecule has 5 heteroatoms. The summed E-state index contributed by atoms with van der Waals surface area (Å²) in [5.41, 5.74) is 0.0511. The molecule has 0 amide bonds. The molecule has 0 saturated heterocycles. The highest BCUT2D eigenvalue weighted by Gasteiger charge is 2.13. The SMILES string of the molecule is C=C(C)C(=O)CCOC(=O)c1ccccc1C(=O)[O-]. The van der Waals surface area contributed by atoms with E-state index in [1.165, 1.54) is 24.3 Å². The number of ketones is 1. The first-order valence-electron chi connectivity index (χ1n) is 5.59.